The molecule has 4 rings (SSSR count). The van der Waals surface area contributed by atoms with Gasteiger partial charge >= 0.3 is 6.43 Å². The Hall–Kier alpha value is -2.90. The Labute approximate surface area is 185 Å². The maximum absolute atomic E-state index is 14.3. The minimum Gasteiger partial charge on any atom is -0.415 e. The number of hydrogen-bond donors (Lipinski definition) is 0. The number of rotatable bonds is 6. The first-order chi connectivity index (χ1) is 15.4. The van der Waals surface area contributed by atoms with Crippen LogP contribution in [0.4, 0.5) is 18.3 Å². The van der Waals surface area contributed by atoms with Crippen molar-refractivity contribution in [3.05, 3.63) is 40.5 Å². The molecule has 1 aliphatic heterocycles. The van der Waals surface area contributed by atoms with Crippen molar-refractivity contribution in [2.45, 2.75) is 19.9 Å². The van der Waals surface area contributed by atoms with Gasteiger partial charge in [-0.1, -0.05) is 17.4 Å². The summed E-state index contributed by atoms with van der Waals surface area (Å²) in [4.78, 5) is 14.7. The van der Waals surface area contributed by atoms with Gasteiger partial charge in [-0.2, -0.15) is 8.78 Å². The first-order valence-electron chi connectivity index (χ1n) is 9.56. The van der Waals surface area contributed by atoms with E-state index in [2.05, 4.69) is 32.3 Å². The summed E-state index contributed by atoms with van der Waals surface area (Å²) in [5, 5.41) is 15.3. The highest BCUT2D eigenvalue weighted by Gasteiger charge is 2.19. The van der Waals surface area contributed by atoms with Crippen LogP contribution >= 0.6 is 11.3 Å². The summed E-state index contributed by atoms with van der Waals surface area (Å²) in [5.41, 5.74) is 0.363. The fraction of sp³-hybridized carbons (Fsp3) is 0.421. The molecule has 3 aromatic rings. The molecule has 13 heteroatoms. The van der Waals surface area contributed by atoms with Crippen LogP contribution in [-0.2, 0) is 16.1 Å². The molecule has 1 saturated heterocycles. The molecular weight excluding hydrogens is 449 g/mol. The van der Waals surface area contributed by atoms with Gasteiger partial charge in [-0.25, -0.2) is 4.39 Å². The van der Waals surface area contributed by atoms with E-state index in [-0.39, 0.29) is 23.6 Å². The molecule has 0 bridgehead atoms. The van der Waals surface area contributed by atoms with E-state index in [0.29, 0.717) is 16.5 Å². The number of halogens is 3. The lowest BCUT2D eigenvalue weighted by atomic mass is 10.1. The van der Waals surface area contributed by atoms with E-state index in [0.717, 1.165) is 32.4 Å². The molecule has 0 aliphatic carbocycles. The van der Waals surface area contributed by atoms with Crippen molar-refractivity contribution in [3.63, 3.8) is 0 Å². The molecule has 1 aromatic carbocycles. The summed E-state index contributed by atoms with van der Waals surface area (Å²) < 4.78 is 49.1. The largest absolute Gasteiger partial charge is 0.415 e. The number of nitrogens with zero attached hydrogens (tertiary/aromatic N) is 6. The lowest BCUT2D eigenvalue weighted by Crippen LogP contribution is -2.32. The number of carbonyl (C=O) groups excluding carboxylic acids is 1. The Morgan fingerprint density at radius 1 is 1.22 bits per heavy atom. The van der Waals surface area contributed by atoms with E-state index in [4.69, 9.17) is 9.15 Å². The summed E-state index contributed by atoms with van der Waals surface area (Å²) in [6.45, 7) is 5.70. The number of aromatic nitrogens is 4. The number of amides is 1. The van der Waals surface area contributed by atoms with Crippen LogP contribution in [0.2, 0.25) is 0 Å². The van der Waals surface area contributed by atoms with Crippen molar-refractivity contribution in [1.29, 1.82) is 0 Å². The van der Waals surface area contributed by atoms with E-state index < -0.39 is 18.1 Å². The Kier molecular flexibility index (Phi) is 8.25. The smallest absolute Gasteiger partial charge is 0.314 e. The van der Waals surface area contributed by atoms with Gasteiger partial charge in [0.2, 0.25) is 17.4 Å². The van der Waals surface area contributed by atoms with Crippen molar-refractivity contribution in [1.82, 2.24) is 25.3 Å². The van der Waals surface area contributed by atoms with Crippen molar-refractivity contribution in [2.75, 3.05) is 38.3 Å². The molecule has 2 aromatic heterocycles. The monoisotopic (exact) mass is 470 g/mol. The highest BCUT2D eigenvalue weighted by atomic mass is 32.1. The number of carbonyl (C=O) groups is 1. The van der Waals surface area contributed by atoms with Crippen LogP contribution in [0, 0.1) is 12.7 Å². The van der Waals surface area contributed by atoms with Crippen molar-refractivity contribution in [2.24, 2.45) is 0 Å². The third-order valence-corrected chi connectivity index (χ3v) is 5.27. The number of aryl methyl sites for hydroxylation is 1. The topological polar surface area (TPSA) is 97.5 Å². The van der Waals surface area contributed by atoms with Gasteiger partial charge in [0.05, 0.1) is 19.8 Å². The minimum atomic E-state index is -2.90. The van der Waals surface area contributed by atoms with Gasteiger partial charge in [0, 0.05) is 24.2 Å². The standard InChI is InChI=1S/C14H10F3N5O2S.C5H11NO/c1-7-18-21-14(25-7)22(6-23)5-9-3-2-8(4-10(9)15)12-19-20-13(24-12)11(16)17;1-6-2-4-7-5-3-6/h2-4,6,11H,5H2,1H3;2-5H2,1H3. The first-order valence-corrected chi connectivity index (χ1v) is 10.4. The molecule has 0 N–H and O–H groups in total. The summed E-state index contributed by atoms with van der Waals surface area (Å²) in [5.74, 6) is -1.70. The van der Waals surface area contributed by atoms with Crippen LogP contribution < -0.4 is 4.90 Å². The minimum absolute atomic E-state index is 0.0592. The molecule has 1 amide bonds. The van der Waals surface area contributed by atoms with E-state index in [1.807, 2.05) is 0 Å². The quantitative estimate of drug-likeness (QED) is 0.507. The zero-order valence-electron chi connectivity index (χ0n) is 17.4. The highest BCUT2D eigenvalue weighted by Crippen LogP contribution is 2.26. The first kappa shape index (κ1) is 23.8. The lowest BCUT2D eigenvalue weighted by Gasteiger charge is -2.21. The predicted octanol–water partition coefficient (Wildman–Crippen LogP) is 3.08. The number of hydrogen-bond acceptors (Lipinski definition) is 9. The molecule has 9 nitrogen and oxygen atoms in total. The summed E-state index contributed by atoms with van der Waals surface area (Å²) in [6.07, 6.45) is -2.37. The maximum Gasteiger partial charge on any atom is 0.314 e. The average Bonchev–Trinajstić information content (AvgIpc) is 3.43. The van der Waals surface area contributed by atoms with Crippen LogP contribution in [0.1, 0.15) is 22.9 Å². The van der Waals surface area contributed by atoms with Gasteiger partial charge in [0.1, 0.15) is 10.8 Å². The predicted molar refractivity (Wildman–Crippen MR) is 110 cm³/mol. The van der Waals surface area contributed by atoms with Crippen molar-refractivity contribution in [3.8, 4) is 11.5 Å². The molecule has 1 fully saturated rings. The Balaban J connectivity index is 0.000000352. The molecule has 0 atom stereocenters. The molecule has 172 valence electrons. The molecule has 32 heavy (non-hydrogen) atoms. The molecule has 0 spiro atoms. The SMILES string of the molecule is CN1CCOCC1.Cc1nnc(N(C=O)Cc2ccc(-c3nnc(C(F)F)o3)cc2F)s1. The van der Waals surface area contributed by atoms with Gasteiger partial charge in [-0.3, -0.25) is 9.69 Å². The summed E-state index contributed by atoms with van der Waals surface area (Å²) >= 11 is 1.20. The van der Waals surface area contributed by atoms with Gasteiger partial charge in [-0.05, 0) is 26.1 Å². The van der Waals surface area contributed by atoms with Crippen LogP contribution in [0.25, 0.3) is 11.5 Å². The molecule has 0 unspecified atom stereocenters. The van der Waals surface area contributed by atoms with E-state index in [1.165, 1.54) is 28.4 Å². The zero-order chi connectivity index (χ0) is 23.1. The fourth-order valence-electron chi connectivity index (χ4n) is 2.64. The van der Waals surface area contributed by atoms with E-state index in [1.54, 1.807) is 6.92 Å². The number of alkyl halides is 2. The fourth-order valence-corrected chi connectivity index (χ4v) is 3.29. The van der Waals surface area contributed by atoms with E-state index >= 15 is 0 Å². The Morgan fingerprint density at radius 3 is 2.47 bits per heavy atom. The second-order valence-electron chi connectivity index (χ2n) is 6.80. The maximum atomic E-state index is 14.3. The third-order valence-electron chi connectivity index (χ3n) is 4.39. The van der Waals surface area contributed by atoms with Gasteiger partial charge in [0.25, 0.3) is 5.89 Å². The average molecular weight is 470 g/mol. The highest BCUT2D eigenvalue weighted by molar-refractivity contribution is 7.15. The molecule has 3 heterocycles. The van der Waals surface area contributed by atoms with Crippen molar-refractivity contribution < 1.29 is 27.1 Å². The molecule has 0 saturated carbocycles. The lowest BCUT2D eigenvalue weighted by molar-refractivity contribution is -0.107. The molecule has 0 radical (unpaired) electrons. The number of likely N-dealkylation sites (N-methyl/N-ethyl adjacent to an activating group) is 1. The van der Waals surface area contributed by atoms with Gasteiger partial charge in [0.15, 0.2) is 0 Å². The molecule has 1 aliphatic rings. The normalized spacial score (nSPS) is 14.2. The third kappa shape index (κ3) is 6.31. The van der Waals surface area contributed by atoms with Gasteiger partial charge < -0.3 is 14.1 Å². The summed E-state index contributed by atoms with van der Waals surface area (Å²) in [6, 6.07) is 3.92. The molecular formula is C19H21F3N6O3S. The second kappa shape index (κ2) is 11.1. The van der Waals surface area contributed by atoms with Crippen LogP contribution in [0.5, 0.6) is 0 Å². The van der Waals surface area contributed by atoms with E-state index in [9.17, 15) is 18.0 Å². The Morgan fingerprint density at radius 2 is 1.97 bits per heavy atom. The number of morpholine rings is 1. The second-order valence-corrected chi connectivity index (χ2v) is 7.97. The Bertz CT molecular complexity index is 1030. The van der Waals surface area contributed by atoms with Gasteiger partial charge in [-0.15, -0.1) is 20.4 Å². The number of anilines is 1. The van der Waals surface area contributed by atoms with Crippen LogP contribution in [-0.4, -0.2) is 65.1 Å². The number of benzene rings is 1. The number of ether oxygens (including phenoxy) is 1. The van der Waals surface area contributed by atoms with Crippen LogP contribution in [0.3, 0.4) is 0 Å². The zero-order valence-corrected chi connectivity index (χ0v) is 18.2. The summed E-state index contributed by atoms with van der Waals surface area (Å²) in [7, 11) is 2.11. The van der Waals surface area contributed by atoms with Crippen molar-refractivity contribution >= 4 is 22.9 Å². The van der Waals surface area contributed by atoms with Crippen LogP contribution in [0.15, 0.2) is 22.6 Å².